The summed E-state index contributed by atoms with van der Waals surface area (Å²) in [6.45, 7) is 13.0. The van der Waals surface area contributed by atoms with Crippen molar-refractivity contribution in [2.45, 2.75) is 59.4 Å². The van der Waals surface area contributed by atoms with Crippen molar-refractivity contribution in [3.63, 3.8) is 0 Å². The predicted molar refractivity (Wildman–Crippen MR) is 90.0 cm³/mol. The lowest BCUT2D eigenvalue weighted by Crippen LogP contribution is -2.13. The van der Waals surface area contributed by atoms with E-state index in [2.05, 4.69) is 52.2 Å². The van der Waals surface area contributed by atoms with Gasteiger partial charge >= 0.3 is 0 Å². The monoisotopic (exact) mass is 309 g/mol. The van der Waals surface area contributed by atoms with E-state index in [1.807, 2.05) is 0 Å². The molecule has 1 atom stereocenters. The van der Waals surface area contributed by atoms with E-state index in [1.165, 1.54) is 4.88 Å². The standard InChI is InChI=1S/C15H23N3S2/c1-7-9(2)16-14-18-11(8-19-14)12-13(15(4,5)6)17-10(3)20-12/h8-9H,7H2,1-6H3,(H,16,18). The maximum Gasteiger partial charge on any atom is 0.183 e. The van der Waals surface area contributed by atoms with Gasteiger partial charge in [-0.3, -0.25) is 0 Å². The van der Waals surface area contributed by atoms with Crippen LogP contribution in [-0.2, 0) is 5.41 Å². The number of nitrogens with one attached hydrogen (secondary N) is 1. The molecule has 0 bridgehead atoms. The minimum atomic E-state index is 0.0496. The Morgan fingerprint density at radius 3 is 2.60 bits per heavy atom. The maximum absolute atomic E-state index is 4.73. The van der Waals surface area contributed by atoms with E-state index in [1.54, 1.807) is 22.7 Å². The first-order valence-corrected chi connectivity index (χ1v) is 8.71. The minimum Gasteiger partial charge on any atom is -0.359 e. The quantitative estimate of drug-likeness (QED) is 0.855. The third kappa shape index (κ3) is 3.38. The Morgan fingerprint density at radius 2 is 2.00 bits per heavy atom. The van der Waals surface area contributed by atoms with E-state index in [9.17, 15) is 0 Å². The second-order valence-electron chi connectivity index (χ2n) is 6.15. The van der Waals surface area contributed by atoms with Gasteiger partial charge in [-0.2, -0.15) is 0 Å². The van der Waals surface area contributed by atoms with Crippen molar-refractivity contribution >= 4 is 27.8 Å². The molecular formula is C15H23N3S2. The summed E-state index contributed by atoms with van der Waals surface area (Å²) in [4.78, 5) is 10.7. The molecule has 0 saturated carbocycles. The molecule has 0 aromatic carbocycles. The number of thiazole rings is 2. The van der Waals surface area contributed by atoms with E-state index in [-0.39, 0.29) is 5.41 Å². The molecule has 0 aliphatic heterocycles. The van der Waals surface area contributed by atoms with Crippen molar-refractivity contribution in [2.24, 2.45) is 0 Å². The molecule has 110 valence electrons. The molecular weight excluding hydrogens is 286 g/mol. The topological polar surface area (TPSA) is 37.8 Å². The normalized spacial score (nSPS) is 13.5. The number of aryl methyl sites for hydroxylation is 1. The largest absolute Gasteiger partial charge is 0.359 e. The fourth-order valence-electron chi connectivity index (χ4n) is 1.87. The first-order chi connectivity index (χ1) is 9.31. The Labute approximate surface area is 129 Å². The molecule has 0 radical (unpaired) electrons. The summed E-state index contributed by atoms with van der Waals surface area (Å²) in [7, 11) is 0. The number of anilines is 1. The lowest BCUT2D eigenvalue weighted by atomic mass is 9.91. The summed E-state index contributed by atoms with van der Waals surface area (Å²) in [5.74, 6) is 0. The second-order valence-corrected chi connectivity index (χ2v) is 8.21. The van der Waals surface area contributed by atoms with Gasteiger partial charge < -0.3 is 5.32 Å². The summed E-state index contributed by atoms with van der Waals surface area (Å²) in [5.41, 5.74) is 2.25. The van der Waals surface area contributed by atoms with E-state index in [0.717, 1.165) is 27.9 Å². The molecule has 2 aromatic rings. The number of rotatable bonds is 4. The number of nitrogens with zero attached hydrogens (tertiary/aromatic N) is 2. The maximum atomic E-state index is 4.73. The van der Waals surface area contributed by atoms with Crippen LogP contribution in [0.1, 0.15) is 51.7 Å². The van der Waals surface area contributed by atoms with Crippen LogP contribution in [0.5, 0.6) is 0 Å². The van der Waals surface area contributed by atoms with Crippen LogP contribution in [0.15, 0.2) is 5.38 Å². The number of hydrogen-bond donors (Lipinski definition) is 1. The van der Waals surface area contributed by atoms with Crippen molar-refractivity contribution in [1.82, 2.24) is 9.97 Å². The predicted octanol–water partition coefficient (Wildman–Crippen LogP) is 5.08. The highest BCUT2D eigenvalue weighted by atomic mass is 32.1. The highest BCUT2D eigenvalue weighted by Gasteiger charge is 2.24. The molecule has 20 heavy (non-hydrogen) atoms. The highest BCUT2D eigenvalue weighted by Crippen LogP contribution is 2.38. The first-order valence-electron chi connectivity index (χ1n) is 7.01. The first kappa shape index (κ1) is 15.4. The van der Waals surface area contributed by atoms with Crippen LogP contribution < -0.4 is 5.32 Å². The molecule has 0 aliphatic rings. The molecule has 2 heterocycles. The van der Waals surface area contributed by atoms with E-state index in [4.69, 9.17) is 9.97 Å². The molecule has 1 N–H and O–H groups in total. The van der Waals surface area contributed by atoms with Gasteiger partial charge in [0.05, 0.1) is 21.3 Å². The van der Waals surface area contributed by atoms with Gasteiger partial charge in [0.15, 0.2) is 5.13 Å². The SMILES string of the molecule is CCC(C)Nc1nc(-c2sc(C)nc2C(C)(C)C)cs1. The molecule has 2 aromatic heterocycles. The van der Waals surface area contributed by atoms with Crippen LogP contribution in [-0.4, -0.2) is 16.0 Å². The van der Waals surface area contributed by atoms with Crippen LogP contribution in [0.2, 0.25) is 0 Å². The Morgan fingerprint density at radius 1 is 1.30 bits per heavy atom. The molecule has 0 amide bonds. The van der Waals surface area contributed by atoms with Gasteiger partial charge in [-0.1, -0.05) is 27.7 Å². The van der Waals surface area contributed by atoms with Crippen molar-refractivity contribution in [3.8, 4) is 10.6 Å². The molecule has 3 nitrogen and oxygen atoms in total. The van der Waals surface area contributed by atoms with Crippen molar-refractivity contribution in [2.75, 3.05) is 5.32 Å². The van der Waals surface area contributed by atoms with E-state index < -0.39 is 0 Å². The van der Waals surface area contributed by atoms with Gasteiger partial charge in [-0.05, 0) is 20.3 Å². The van der Waals surface area contributed by atoms with Gasteiger partial charge in [0, 0.05) is 16.8 Å². The lowest BCUT2D eigenvalue weighted by Gasteiger charge is -2.16. The average molecular weight is 310 g/mol. The second kappa shape index (κ2) is 5.82. The summed E-state index contributed by atoms with van der Waals surface area (Å²) in [5, 5.41) is 7.68. The Bertz CT molecular complexity index is 578. The Hall–Kier alpha value is -0.940. The van der Waals surface area contributed by atoms with Gasteiger partial charge in [0.1, 0.15) is 0 Å². The zero-order valence-electron chi connectivity index (χ0n) is 13.1. The van der Waals surface area contributed by atoms with E-state index in [0.29, 0.717) is 6.04 Å². The third-order valence-corrected chi connectivity index (χ3v) is 4.93. The molecule has 5 heteroatoms. The molecule has 0 spiro atoms. The van der Waals surface area contributed by atoms with Crippen molar-refractivity contribution < 1.29 is 0 Å². The highest BCUT2D eigenvalue weighted by molar-refractivity contribution is 7.16. The third-order valence-electron chi connectivity index (χ3n) is 3.16. The van der Waals surface area contributed by atoms with Crippen LogP contribution in [0.25, 0.3) is 10.6 Å². The summed E-state index contributed by atoms with van der Waals surface area (Å²) in [6, 6.07) is 0.458. The summed E-state index contributed by atoms with van der Waals surface area (Å²) >= 11 is 3.41. The van der Waals surface area contributed by atoms with Crippen LogP contribution in [0.4, 0.5) is 5.13 Å². The lowest BCUT2D eigenvalue weighted by molar-refractivity contribution is 0.573. The summed E-state index contributed by atoms with van der Waals surface area (Å²) < 4.78 is 0. The fourth-order valence-corrected chi connectivity index (χ4v) is 3.84. The van der Waals surface area contributed by atoms with Gasteiger partial charge in [-0.15, -0.1) is 22.7 Å². The van der Waals surface area contributed by atoms with Crippen molar-refractivity contribution in [1.29, 1.82) is 0 Å². The smallest absolute Gasteiger partial charge is 0.183 e. The minimum absolute atomic E-state index is 0.0496. The zero-order valence-corrected chi connectivity index (χ0v) is 14.7. The molecule has 2 rings (SSSR count). The fraction of sp³-hybridized carbons (Fsp3) is 0.600. The molecule has 0 aliphatic carbocycles. The van der Waals surface area contributed by atoms with Crippen molar-refractivity contribution in [3.05, 3.63) is 16.1 Å². The van der Waals surface area contributed by atoms with Crippen LogP contribution in [0, 0.1) is 6.92 Å². The Kier molecular flexibility index (Phi) is 4.49. The Balaban J connectivity index is 2.33. The molecule has 1 unspecified atom stereocenters. The van der Waals surface area contributed by atoms with Crippen LogP contribution >= 0.6 is 22.7 Å². The van der Waals surface area contributed by atoms with Crippen LogP contribution in [0.3, 0.4) is 0 Å². The van der Waals surface area contributed by atoms with Gasteiger partial charge in [0.25, 0.3) is 0 Å². The zero-order chi connectivity index (χ0) is 14.9. The number of aromatic nitrogens is 2. The summed E-state index contributed by atoms with van der Waals surface area (Å²) in [6.07, 6.45) is 1.10. The van der Waals surface area contributed by atoms with Gasteiger partial charge in [-0.25, -0.2) is 9.97 Å². The molecule has 0 saturated heterocycles. The molecule has 0 fully saturated rings. The average Bonchev–Trinajstić information content (AvgIpc) is 2.94. The van der Waals surface area contributed by atoms with E-state index >= 15 is 0 Å². The van der Waals surface area contributed by atoms with Gasteiger partial charge in [0.2, 0.25) is 0 Å². The number of hydrogen-bond acceptors (Lipinski definition) is 5.